The minimum Gasteiger partial charge on any atom is -0.370 e. The molecule has 0 aliphatic carbocycles. The first-order valence-electron chi connectivity index (χ1n) is 11.9. The van der Waals surface area contributed by atoms with Gasteiger partial charge in [-0.05, 0) is 60.2 Å². The van der Waals surface area contributed by atoms with Crippen LogP contribution >= 0.6 is 0 Å². The molecule has 0 atom stereocenters. The number of benzene rings is 3. The molecule has 0 radical (unpaired) electrons. The van der Waals surface area contributed by atoms with Crippen LogP contribution in [-0.2, 0) is 6.54 Å². The van der Waals surface area contributed by atoms with Gasteiger partial charge in [0.1, 0.15) is 0 Å². The van der Waals surface area contributed by atoms with E-state index in [1.54, 1.807) is 6.07 Å². The molecule has 0 unspecified atom stereocenters. The van der Waals surface area contributed by atoms with Crippen LogP contribution in [0.2, 0.25) is 0 Å². The highest BCUT2D eigenvalue weighted by atomic mass is 16.2. The van der Waals surface area contributed by atoms with Gasteiger partial charge in [0.15, 0.2) is 0 Å². The number of carbonyl (C=O) groups is 2. The monoisotopic (exact) mass is 456 g/mol. The smallest absolute Gasteiger partial charge is 0.323 e. The molecule has 1 aliphatic rings. The topological polar surface area (TPSA) is 73.5 Å². The second kappa shape index (κ2) is 10.9. The lowest BCUT2D eigenvalue weighted by Crippen LogP contribution is -2.26. The maximum atomic E-state index is 12.9. The summed E-state index contributed by atoms with van der Waals surface area (Å²) < 4.78 is 0. The van der Waals surface area contributed by atoms with Crippen LogP contribution < -0.4 is 20.9 Å². The number of hydrogen-bond acceptors (Lipinski definition) is 3. The van der Waals surface area contributed by atoms with Crippen LogP contribution in [0.3, 0.4) is 0 Å². The van der Waals surface area contributed by atoms with Crippen molar-refractivity contribution >= 4 is 29.0 Å². The standard InChI is InChI=1S/C28H32N4O2/c1-20(2)22-12-10-21(11-13-22)19-29-27(33)23-14-15-26(32-16-6-7-17-32)25(18-23)31-28(34)30-24-8-4-3-5-9-24/h3-5,8-15,18,20H,6-7,16-17,19H2,1-2H3,(H,29,33)(H2,30,31,34). The first kappa shape index (κ1) is 23.4. The van der Waals surface area contributed by atoms with E-state index in [1.807, 2.05) is 54.6 Å². The van der Waals surface area contributed by atoms with Crippen molar-refractivity contribution in [3.63, 3.8) is 0 Å². The SMILES string of the molecule is CC(C)c1ccc(CNC(=O)c2ccc(N3CCCC3)c(NC(=O)Nc3ccccc3)c2)cc1. The van der Waals surface area contributed by atoms with Gasteiger partial charge in [-0.2, -0.15) is 0 Å². The minimum atomic E-state index is -0.338. The molecular formula is C28H32N4O2. The fraction of sp³-hybridized carbons (Fsp3) is 0.286. The zero-order valence-electron chi connectivity index (χ0n) is 19.8. The van der Waals surface area contributed by atoms with Crippen molar-refractivity contribution in [1.82, 2.24) is 5.32 Å². The lowest BCUT2D eigenvalue weighted by atomic mass is 10.0. The minimum absolute atomic E-state index is 0.174. The number of anilines is 3. The number of nitrogens with one attached hydrogen (secondary N) is 3. The maximum Gasteiger partial charge on any atom is 0.323 e. The van der Waals surface area contributed by atoms with Gasteiger partial charge in [-0.15, -0.1) is 0 Å². The van der Waals surface area contributed by atoms with Gasteiger partial charge >= 0.3 is 6.03 Å². The molecule has 1 saturated heterocycles. The largest absolute Gasteiger partial charge is 0.370 e. The Morgan fingerprint density at radius 1 is 0.882 bits per heavy atom. The third-order valence-electron chi connectivity index (χ3n) is 6.08. The molecule has 6 heteroatoms. The third-order valence-corrected chi connectivity index (χ3v) is 6.08. The van der Waals surface area contributed by atoms with E-state index in [4.69, 9.17) is 0 Å². The summed E-state index contributed by atoms with van der Waals surface area (Å²) in [4.78, 5) is 27.8. The second-order valence-corrected chi connectivity index (χ2v) is 8.95. The Labute approximate surface area is 201 Å². The van der Waals surface area contributed by atoms with Crippen LogP contribution in [0.5, 0.6) is 0 Å². The fourth-order valence-electron chi connectivity index (χ4n) is 4.12. The summed E-state index contributed by atoms with van der Waals surface area (Å²) >= 11 is 0. The molecule has 3 amide bonds. The van der Waals surface area contributed by atoms with Gasteiger partial charge < -0.3 is 20.9 Å². The highest BCUT2D eigenvalue weighted by molar-refractivity contribution is 6.04. The van der Waals surface area contributed by atoms with E-state index in [1.165, 1.54) is 5.56 Å². The normalized spacial score (nSPS) is 13.1. The molecule has 3 aromatic carbocycles. The van der Waals surface area contributed by atoms with E-state index < -0.39 is 0 Å². The van der Waals surface area contributed by atoms with Crippen LogP contribution in [-0.4, -0.2) is 25.0 Å². The van der Waals surface area contributed by atoms with Gasteiger partial charge in [-0.3, -0.25) is 4.79 Å². The summed E-state index contributed by atoms with van der Waals surface area (Å²) in [6.07, 6.45) is 2.24. The number of rotatable bonds is 7. The predicted molar refractivity (Wildman–Crippen MR) is 139 cm³/mol. The number of urea groups is 1. The average molecular weight is 457 g/mol. The summed E-state index contributed by atoms with van der Waals surface area (Å²) in [7, 11) is 0. The first-order valence-corrected chi connectivity index (χ1v) is 11.9. The Bertz CT molecular complexity index is 1120. The molecule has 3 aromatic rings. The molecule has 34 heavy (non-hydrogen) atoms. The van der Waals surface area contributed by atoms with Crippen LogP contribution in [0, 0.1) is 0 Å². The van der Waals surface area contributed by atoms with Crippen molar-refractivity contribution in [2.45, 2.75) is 39.2 Å². The summed E-state index contributed by atoms with van der Waals surface area (Å²) in [5.41, 5.74) is 5.10. The number of amides is 3. The van der Waals surface area contributed by atoms with Crippen LogP contribution in [0.4, 0.5) is 21.9 Å². The predicted octanol–water partition coefficient (Wildman–Crippen LogP) is 5.98. The Balaban J connectivity index is 1.47. The Hall–Kier alpha value is -3.80. The van der Waals surface area contributed by atoms with Crippen LogP contribution in [0.15, 0.2) is 72.8 Å². The Morgan fingerprint density at radius 3 is 2.26 bits per heavy atom. The van der Waals surface area contributed by atoms with E-state index >= 15 is 0 Å². The average Bonchev–Trinajstić information content (AvgIpc) is 3.38. The van der Waals surface area contributed by atoms with E-state index in [0.717, 1.165) is 37.2 Å². The lowest BCUT2D eigenvalue weighted by Gasteiger charge is -2.22. The highest BCUT2D eigenvalue weighted by Crippen LogP contribution is 2.30. The first-order chi connectivity index (χ1) is 16.5. The zero-order valence-corrected chi connectivity index (χ0v) is 19.8. The molecule has 1 aliphatic heterocycles. The molecule has 4 rings (SSSR count). The molecule has 0 bridgehead atoms. The van der Waals surface area contributed by atoms with E-state index in [0.29, 0.717) is 29.4 Å². The molecule has 6 nitrogen and oxygen atoms in total. The Morgan fingerprint density at radius 2 is 1.59 bits per heavy atom. The van der Waals surface area contributed by atoms with E-state index in [9.17, 15) is 9.59 Å². The highest BCUT2D eigenvalue weighted by Gasteiger charge is 2.19. The van der Waals surface area contributed by atoms with Crippen molar-refractivity contribution < 1.29 is 9.59 Å². The van der Waals surface area contributed by atoms with Gasteiger partial charge in [0, 0.05) is 30.9 Å². The van der Waals surface area contributed by atoms with Gasteiger partial charge in [-0.25, -0.2) is 4.79 Å². The van der Waals surface area contributed by atoms with Crippen molar-refractivity contribution in [3.05, 3.63) is 89.5 Å². The van der Waals surface area contributed by atoms with Crippen molar-refractivity contribution in [2.75, 3.05) is 28.6 Å². The van der Waals surface area contributed by atoms with Gasteiger partial charge in [-0.1, -0.05) is 56.3 Å². The molecule has 3 N–H and O–H groups in total. The molecule has 1 heterocycles. The molecule has 176 valence electrons. The lowest BCUT2D eigenvalue weighted by molar-refractivity contribution is 0.0951. The summed E-state index contributed by atoms with van der Waals surface area (Å²) in [5.74, 6) is 0.301. The summed E-state index contributed by atoms with van der Waals surface area (Å²) in [6.45, 7) is 6.64. The number of para-hydroxylation sites is 1. The maximum absolute atomic E-state index is 12.9. The number of hydrogen-bond donors (Lipinski definition) is 3. The third kappa shape index (κ3) is 5.95. The Kier molecular flexibility index (Phi) is 7.48. The van der Waals surface area contributed by atoms with Crippen molar-refractivity contribution in [2.24, 2.45) is 0 Å². The fourth-order valence-corrected chi connectivity index (χ4v) is 4.12. The van der Waals surface area contributed by atoms with E-state index in [2.05, 4.69) is 46.8 Å². The summed E-state index contributed by atoms with van der Waals surface area (Å²) in [5, 5.41) is 8.79. The number of carbonyl (C=O) groups excluding carboxylic acids is 2. The van der Waals surface area contributed by atoms with Crippen molar-refractivity contribution in [3.8, 4) is 0 Å². The van der Waals surface area contributed by atoms with Gasteiger partial charge in [0.2, 0.25) is 0 Å². The van der Waals surface area contributed by atoms with Crippen LogP contribution in [0.25, 0.3) is 0 Å². The second-order valence-electron chi connectivity index (χ2n) is 8.95. The van der Waals surface area contributed by atoms with Crippen LogP contribution in [0.1, 0.15) is 54.1 Å². The molecule has 0 spiro atoms. The number of nitrogens with zero attached hydrogens (tertiary/aromatic N) is 1. The van der Waals surface area contributed by atoms with Crippen molar-refractivity contribution in [1.29, 1.82) is 0 Å². The van der Waals surface area contributed by atoms with Gasteiger partial charge in [0.25, 0.3) is 5.91 Å². The molecule has 1 fully saturated rings. The van der Waals surface area contributed by atoms with Gasteiger partial charge in [0.05, 0.1) is 11.4 Å². The zero-order chi connectivity index (χ0) is 23.9. The van der Waals surface area contributed by atoms with E-state index in [-0.39, 0.29) is 11.9 Å². The molecule has 0 aromatic heterocycles. The molecule has 0 saturated carbocycles. The quantitative estimate of drug-likeness (QED) is 0.409. The summed E-state index contributed by atoms with van der Waals surface area (Å²) in [6, 6.07) is 22.8. The molecular weight excluding hydrogens is 424 g/mol.